The number of carbonyl (C=O) groups excluding carboxylic acids is 2. The predicted molar refractivity (Wildman–Crippen MR) is 138 cm³/mol. The zero-order chi connectivity index (χ0) is 26.9. The number of halogens is 1. The lowest BCUT2D eigenvalue weighted by Gasteiger charge is -2.26. The maximum atomic E-state index is 13.1. The highest BCUT2D eigenvalue weighted by Crippen LogP contribution is 2.28. The Morgan fingerprint density at radius 1 is 0.763 bits per heavy atom. The molecule has 4 rings (SSSR count). The first-order valence-electron chi connectivity index (χ1n) is 12.5. The first kappa shape index (κ1) is 26.7. The van der Waals surface area contributed by atoms with Crippen molar-refractivity contribution in [2.45, 2.75) is 31.8 Å². The van der Waals surface area contributed by atoms with E-state index in [1.807, 2.05) is 0 Å². The zero-order valence-electron chi connectivity index (χ0n) is 20.7. The third-order valence-electron chi connectivity index (χ3n) is 6.28. The number of ether oxygens (including phenoxy) is 2. The highest BCUT2D eigenvalue weighted by Gasteiger charge is 2.26. The average molecular weight is 521 g/mol. The lowest BCUT2D eigenvalue weighted by molar-refractivity contribution is -0.143. The lowest BCUT2D eigenvalue weighted by atomic mass is 9.87. The van der Waals surface area contributed by atoms with Crippen molar-refractivity contribution in [2.24, 2.45) is 5.92 Å². The molecule has 198 valence electrons. The van der Waals surface area contributed by atoms with Crippen molar-refractivity contribution in [1.82, 2.24) is 10.6 Å². The molecule has 1 aliphatic rings. The van der Waals surface area contributed by atoms with Gasteiger partial charge >= 0.3 is 5.97 Å². The minimum absolute atomic E-state index is 0.0240. The Labute approximate surface area is 219 Å². The van der Waals surface area contributed by atoms with Gasteiger partial charge in [-0.2, -0.15) is 0 Å². The fourth-order valence-electron chi connectivity index (χ4n) is 4.20. The van der Waals surface area contributed by atoms with Crippen molar-refractivity contribution in [3.63, 3.8) is 0 Å². The van der Waals surface area contributed by atoms with E-state index in [-0.39, 0.29) is 42.7 Å². The Hall–Kier alpha value is -4.40. The topological polar surface area (TPSA) is 114 Å². The summed E-state index contributed by atoms with van der Waals surface area (Å²) in [6, 6.07) is 19.0. The van der Waals surface area contributed by atoms with Crippen LogP contribution in [0.1, 0.15) is 46.4 Å². The third kappa shape index (κ3) is 7.55. The molecule has 1 saturated carbocycles. The van der Waals surface area contributed by atoms with Gasteiger partial charge in [-0.3, -0.25) is 14.4 Å². The molecule has 8 nitrogen and oxygen atoms in total. The molecule has 2 amide bonds. The number of hydrogen-bond acceptors (Lipinski definition) is 5. The maximum Gasteiger partial charge on any atom is 0.306 e. The quantitative estimate of drug-likeness (QED) is 0.331. The maximum absolute atomic E-state index is 13.1. The zero-order valence-corrected chi connectivity index (χ0v) is 20.7. The summed E-state index contributed by atoms with van der Waals surface area (Å²) in [6.45, 7) is 0.468. The van der Waals surface area contributed by atoms with E-state index in [1.54, 1.807) is 48.5 Å². The van der Waals surface area contributed by atoms with Gasteiger partial charge in [0, 0.05) is 24.2 Å². The number of nitrogens with one attached hydrogen (secondary N) is 2. The van der Waals surface area contributed by atoms with Crippen LogP contribution in [0.25, 0.3) is 0 Å². The fraction of sp³-hybridized carbons (Fsp3) is 0.276. The van der Waals surface area contributed by atoms with Crippen LogP contribution in [-0.4, -0.2) is 42.1 Å². The molecular weight excluding hydrogens is 491 g/mol. The first-order chi connectivity index (χ1) is 18.4. The van der Waals surface area contributed by atoms with Gasteiger partial charge in [0.15, 0.2) is 0 Å². The van der Waals surface area contributed by atoms with E-state index < -0.39 is 5.97 Å². The van der Waals surface area contributed by atoms with Gasteiger partial charge in [-0.25, -0.2) is 4.39 Å². The summed E-state index contributed by atoms with van der Waals surface area (Å²) in [5.41, 5.74) is 0.854. The molecule has 0 heterocycles. The summed E-state index contributed by atoms with van der Waals surface area (Å²) >= 11 is 0. The molecule has 0 spiro atoms. The molecule has 1 aliphatic carbocycles. The summed E-state index contributed by atoms with van der Waals surface area (Å²) in [5.74, 6) is -0.467. The summed E-state index contributed by atoms with van der Waals surface area (Å²) in [5, 5.41) is 14.6. The van der Waals surface area contributed by atoms with Gasteiger partial charge in [0.25, 0.3) is 11.8 Å². The number of carboxylic acids is 1. The number of amides is 2. The Morgan fingerprint density at radius 2 is 1.37 bits per heavy atom. The van der Waals surface area contributed by atoms with Gasteiger partial charge < -0.3 is 25.2 Å². The van der Waals surface area contributed by atoms with Crippen LogP contribution in [0.2, 0.25) is 0 Å². The van der Waals surface area contributed by atoms with Crippen LogP contribution in [0.5, 0.6) is 17.2 Å². The Balaban J connectivity index is 1.18. The van der Waals surface area contributed by atoms with E-state index in [2.05, 4.69) is 10.6 Å². The number of aliphatic carboxylic acids is 1. The van der Waals surface area contributed by atoms with Gasteiger partial charge in [-0.1, -0.05) is 6.07 Å². The van der Waals surface area contributed by atoms with Crippen LogP contribution in [0, 0.1) is 11.7 Å². The number of hydrogen-bond donors (Lipinski definition) is 3. The SMILES string of the molecule is O=C(NCCNC(=O)c1cccc(Oc2ccc(F)cc2)c1)c1ccc(O[C@H]2CC[C@@H](C(=O)O)CC2)cc1. The van der Waals surface area contributed by atoms with Crippen LogP contribution in [0.15, 0.2) is 72.8 Å². The van der Waals surface area contributed by atoms with Crippen molar-refractivity contribution < 1.29 is 33.4 Å². The van der Waals surface area contributed by atoms with Gasteiger partial charge in [0.1, 0.15) is 23.1 Å². The van der Waals surface area contributed by atoms with Crippen LogP contribution in [0.4, 0.5) is 4.39 Å². The molecule has 9 heteroatoms. The summed E-state index contributed by atoms with van der Waals surface area (Å²) in [6.07, 6.45) is 2.56. The summed E-state index contributed by atoms with van der Waals surface area (Å²) in [4.78, 5) is 36.0. The van der Waals surface area contributed by atoms with Gasteiger partial charge in [0.2, 0.25) is 0 Å². The van der Waals surface area contributed by atoms with Crippen LogP contribution in [0.3, 0.4) is 0 Å². The lowest BCUT2D eigenvalue weighted by Crippen LogP contribution is -2.34. The molecule has 0 aliphatic heterocycles. The van der Waals surface area contributed by atoms with E-state index in [4.69, 9.17) is 14.6 Å². The van der Waals surface area contributed by atoms with Gasteiger partial charge in [0.05, 0.1) is 12.0 Å². The number of rotatable bonds is 10. The van der Waals surface area contributed by atoms with E-state index in [0.29, 0.717) is 54.1 Å². The van der Waals surface area contributed by atoms with Gasteiger partial charge in [-0.05, 0) is 92.4 Å². The van der Waals surface area contributed by atoms with Crippen molar-refractivity contribution in [2.75, 3.05) is 13.1 Å². The fourth-order valence-corrected chi connectivity index (χ4v) is 4.20. The minimum atomic E-state index is -0.749. The molecule has 3 aromatic rings. The van der Waals surface area contributed by atoms with E-state index >= 15 is 0 Å². The van der Waals surface area contributed by atoms with Crippen molar-refractivity contribution in [3.8, 4) is 17.2 Å². The Bertz CT molecular complexity index is 1250. The van der Waals surface area contributed by atoms with E-state index in [1.165, 1.54) is 24.3 Å². The highest BCUT2D eigenvalue weighted by atomic mass is 19.1. The highest BCUT2D eigenvalue weighted by molar-refractivity contribution is 5.95. The summed E-state index contributed by atoms with van der Waals surface area (Å²) in [7, 11) is 0. The van der Waals surface area contributed by atoms with E-state index in [0.717, 1.165) is 0 Å². The monoisotopic (exact) mass is 520 g/mol. The number of carbonyl (C=O) groups is 3. The molecule has 3 aromatic carbocycles. The predicted octanol–water partition coefficient (Wildman–Crippen LogP) is 4.80. The van der Waals surface area contributed by atoms with Crippen molar-refractivity contribution >= 4 is 17.8 Å². The second-order valence-electron chi connectivity index (χ2n) is 9.05. The first-order valence-corrected chi connectivity index (χ1v) is 12.5. The molecule has 0 saturated heterocycles. The smallest absolute Gasteiger partial charge is 0.306 e. The molecule has 38 heavy (non-hydrogen) atoms. The molecule has 0 unspecified atom stereocenters. The average Bonchev–Trinajstić information content (AvgIpc) is 2.93. The molecule has 3 N–H and O–H groups in total. The molecule has 0 radical (unpaired) electrons. The normalized spacial score (nSPS) is 16.8. The second-order valence-corrected chi connectivity index (χ2v) is 9.05. The molecule has 1 fully saturated rings. The van der Waals surface area contributed by atoms with E-state index in [9.17, 15) is 18.8 Å². The molecular formula is C29H29FN2O6. The molecule has 0 bridgehead atoms. The minimum Gasteiger partial charge on any atom is -0.490 e. The van der Waals surface area contributed by atoms with Gasteiger partial charge in [-0.15, -0.1) is 0 Å². The third-order valence-corrected chi connectivity index (χ3v) is 6.28. The van der Waals surface area contributed by atoms with Crippen molar-refractivity contribution in [1.29, 1.82) is 0 Å². The van der Waals surface area contributed by atoms with Crippen LogP contribution in [-0.2, 0) is 4.79 Å². The number of benzene rings is 3. The van der Waals surface area contributed by atoms with Crippen LogP contribution >= 0.6 is 0 Å². The largest absolute Gasteiger partial charge is 0.490 e. The second kappa shape index (κ2) is 12.7. The van der Waals surface area contributed by atoms with Crippen molar-refractivity contribution in [3.05, 3.63) is 89.7 Å². The number of carboxylic acid groups (broad SMARTS) is 1. The Kier molecular flexibility index (Phi) is 8.92. The standard InChI is InChI=1S/C29H29FN2O6/c30-22-8-14-25(15-9-22)38-26-3-1-2-21(18-26)28(34)32-17-16-31-27(33)19-4-10-23(11-5-19)37-24-12-6-20(7-13-24)29(35)36/h1-5,8-11,14-15,18,20,24H,6-7,12-13,16-17H2,(H,31,33)(H,32,34)(H,35,36)/t20-,24+. The Morgan fingerprint density at radius 3 is 2.00 bits per heavy atom. The molecule has 0 aromatic heterocycles. The van der Waals surface area contributed by atoms with Crippen LogP contribution < -0.4 is 20.1 Å². The molecule has 0 atom stereocenters. The summed E-state index contributed by atoms with van der Waals surface area (Å²) < 4.78 is 24.7.